The van der Waals surface area contributed by atoms with Crippen LogP contribution in [0, 0.1) is 0 Å². The minimum Gasteiger partial charge on any atom is -0.490 e. The summed E-state index contributed by atoms with van der Waals surface area (Å²) in [4.78, 5) is 0. The molecule has 74 heavy (non-hydrogen) atoms. The summed E-state index contributed by atoms with van der Waals surface area (Å²) in [5.41, 5.74) is 12.5. The van der Waals surface area contributed by atoms with Gasteiger partial charge in [0.15, 0.2) is 0 Å². The fourth-order valence-electron chi connectivity index (χ4n) is 11.1. The van der Waals surface area contributed by atoms with Gasteiger partial charge >= 0.3 is 0 Å². The van der Waals surface area contributed by atoms with Gasteiger partial charge in [0.2, 0.25) is 0 Å². The van der Waals surface area contributed by atoms with E-state index in [0.29, 0.717) is 12.8 Å². The number of hydrogen-bond acceptors (Lipinski definition) is 4. The average molecular weight is 967 g/mol. The lowest BCUT2D eigenvalue weighted by molar-refractivity contribution is 0.201. The van der Waals surface area contributed by atoms with Gasteiger partial charge in [-0.1, -0.05) is 222 Å². The van der Waals surface area contributed by atoms with Gasteiger partial charge < -0.3 is 19.7 Å². The van der Waals surface area contributed by atoms with Gasteiger partial charge in [-0.25, -0.2) is 0 Å². The summed E-state index contributed by atoms with van der Waals surface area (Å²) in [5.74, 6) is 1.59. The van der Waals surface area contributed by atoms with Gasteiger partial charge in [-0.3, -0.25) is 0 Å². The topological polar surface area (TPSA) is 58.9 Å². The van der Waals surface area contributed by atoms with Gasteiger partial charge in [0, 0.05) is 34.8 Å². The standard InChI is InChI=1S/C70H62O4/c1-69(2,61-42-57(40-53-24-13-22-49-18-9-11-28-63(49)53)67(73-36-34-71)65(45-61)55-32-30-47-16-5-7-20-51(47)38-55)59-26-15-27-60(44-59)70(3,4)62-43-58(41-54-25-14-23-50-19-10-12-29-64(50)54)68(74-37-35-72)66(46-62)56-33-31-48-17-6-8-21-52(48)39-56/h5-33,38-39,42-46,71-72H,34-37,40-41H2,1-4H3. The third-order valence-electron chi connectivity index (χ3n) is 15.4. The molecule has 0 aromatic heterocycles. The molecule has 11 rings (SSSR count). The quantitative estimate of drug-likeness (QED) is 0.101. The van der Waals surface area contributed by atoms with Gasteiger partial charge in [-0.05, 0) is 123 Å². The van der Waals surface area contributed by atoms with Crippen molar-refractivity contribution in [3.8, 4) is 33.8 Å². The van der Waals surface area contributed by atoms with Crippen LogP contribution < -0.4 is 9.47 Å². The molecule has 0 fully saturated rings. The molecule has 0 aliphatic heterocycles. The molecule has 2 N–H and O–H groups in total. The molecule has 11 aromatic rings. The molecule has 366 valence electrons. The van der Waals surface area contributed by atoms with Gasteiger partial charge in [0.05, 0.1) is 13.2 Å². The van der Waals surface area contributed by atoms with E-state index in [1.54, 1.807) is 0 Å². The molecule has 0 amide bonds. The maximum Gasteiger partial charge on any atom is 0.130 e. The summed E-state index contributed by atoms with van der Waals surface area (Å²) in [6.07, 6.45) is 1.30. The minimum absolute atomic E-state index is 0.0898. The summed E-state index contributed by atoms with van der Waals surface area (Å²) in [6, 6.07) is 79.0. The van der Waals surface area contributed by atoms with Gasteiger partial charge in [0.25, 0.3) is 0 Å². The van der Waals surface area contributed by atoms with Gasteiger partial charge in [-0.2, -0.15) is 0 Å². The van der Waals surface area contributed by atoms with Crippen molar-refractivity contribution >= 4 is 43.1 Å². The lowest BCUT2D eigenvalue weighted by Gasteiger charge is -2.33. The summed E-state index contributed by atoms with van der Waals surface area (Å²) < 4.78 is 13.3. The van der Waals surface area contributed by atoms with Crippen LogP contribution in [0.2, 0.25) is 0 Å². The number of ether oxygens (including phenoxy) is 2. The van der Waals surface area contributed by atoms with Crippen LogP contribution in [0.1, 0.15) is 72.2 Å². The Bertz CT molecular complexity index is 3590. The Morgan fingerprint density at radius 1 is 0.324 bits per heavy atom. The SMILES string of the molecule is CC(C)(c1cccc(C(C)(C)c2cc(Cc3cccc4ccccc34)c(OCCO)c(-c3ccc4ccccc4c3)c2)c1)c1cc(Cc2cccc3ccccc23)c(OCCO)c(-c2ccc3ccccc3c2)c1. The van der Waals surface area contributed by atoms with Crippen molar-refractivity contribution in [3.05, 3.63) is 263 Å². The number of aliphatic hydroxyl groups excluding tert-OH is 2. The monoisotopic (exact) mass is 966 g/mol. The molecule has 0 spiro atoms. The minimum atomic E-state index is -0.460. The molecule has 0 aliphatic rings. The Hall–Kier alpha value is -8.02. The molecule has 0 unspecified atom stereocenters. The van der Waals surface area contributed by atoms with E-state index in [1.165, 1.54) is 65.7 Å². The zero-order chi connectivity index (χ0) is 50.8. The normalized spacial score (nSPS) is 12.0. The molecule has 0 bridgehead atoms. The summed E-state index contributed by atoms with van der Waals surface area (Å²) >= 11 is 0. The predicted octanol–water partition coefficient (Wildman–Crippen LogP) is 16.2. The van der Waals surface area contributed by atoms with Crippen LogP contribution in [-0.4, -0.2) is 36.6 Å². The molecule has 4 heteroatoms. The smallest absolute Gasteiger partial charge is 0.130 e. The number of hydrogen-bond donors (Lipinski definition) is 2. The third kappa shape index (κ3) is 9.44. The van der Waals surface area contributed by atoms with Crippen molar-refractivity contribution in [2.75, 3.05) is 26.4 Å². The zero-order valence-corrected chi connectivity index (χ0v) is 42.7. The molecule has 11 aromatic carbocycles. The highest BCUT2D eigenvalue weighted by Crippen LogP contribution is 2.46. The highest BCUT2D eigenvalue weighted by atomic mass is 16.5. The lowest BCUT2D eigenvalue weighted by Crippen LogP contribution is -2.24. The first-order valence-electron chi connectivity index (χ1n) is 25.9. The second-order valence-corrected chi connectivity index (χ2v) is 20.8. The van der Waals surface area contributed by atoms with E-state index >= 15 is 0 Å². The first-order valence-corrected chi connectivity index (χ1v) is 25.9. The summed E-state index contributed by atoms with van der Waals surface area (Å²) in [5, 5.41) is 29.9. The Kier molecular flexibility index (Phi) is 13.4. The number of fused-ring (bicyclic) bond motifs is 4. The molecule has 0 atom stereocenters. The molecule has 0 radical (unpaired) electrons. The largest absolute Gasteiger partial charge is 0.490 e. The molecular weight excluding hydrogens is 905 g/mol. The van der Waals surface area contributed by atoms with E-state index in [2.05, 4.69) is 246 Å². The van der Waals surface area contributed by atoms with Gasteiger partial charge in [-0.15, -0.1) is 0 Å². The molecule has 0 saturated heterocycles. The number of aliphatic hydroxyl groups is 2. The molecule has 0 saturated carbocycles. The van der Waals surface area contributed by atoms with E-state index in [4.69, 9.17) is 9.47 Å². The van der Waals surface area contributed by atoms with Crippen LogP contribution in [0.15, 0.2) is 218 Å². The fraction of sp³-hybridized carbons (Fsp3) is 0.171. The number of benzene rings is 11. The van der Waals surface area contributed by atoms with Crippen LogP contribution in [0.4, 0.5) is 0 Å². The maximum absolute atomic E-state index is 10.2. The van der Waals surface area contributed by atoms with E-state index < -0.39 is 10.8 Å². The first-order chi connectivity index (χ1) is 36.1. The van der Waals surface area contributed by atoms with Crippen molar-refractivity contribution in [2.45, 2.75) is 51.4 Å². The summed E-state index contributed by atoms with van der Waals surface area (Å²) in [7, 11) is 0. The highest BCUT2D eigenvalue weighted by molar-refractivity contribution is 5.91. The highest BCUT2D eigenvalue weighted by Gasteiger charge is 2.31. The van der Waals surface area contributed by atoms with E-state index in [9.17, 15) is 10.2 Å². The molecule has 4 nitrogen and oxygen atoms in total. The maximum atomic E-state index is 10.2. The van der Waals surface area contributed by atoms with Crippen molar-refractivity contribution < 1.29 is 19.7 Å². The van der Waals surface area contributed by atoms with Crippen LogP contribution >= 0.6 is 0 Å². The van der Waals surface area contributed by atoms with Crippen molar-refractivity contribution in [3.63, 3.8) is 0 Å². The van der Waals surface area contributed by atoms with Crippen molar-refractivity contribution in [1.82, 2.24) is 0 Å². The Labute approximate surface area is 435 Å². The molecule has 0 aliphatic carbocycles. The Balaban J connectivity index is 1.06. The van der Waals surface area contributed by atoms with E-state index in [0.717, 1.165) is 55.7 Å². The zero-order valence-electron chi connectivity index (χ0n) is 42.7. The van der Waals surface area contributed by atoms with Crippen LogP contribution in [0.25, 0.3) is 65.3 Å². The Morgan fingerprint density at radius 2 is 0.703 bits per heavy atom. The van der Waals surface area contributed by atoms with Gasteiger partial charge in [0.1, 0.15) is 24.7 Å². The predicted molar refractivity (Wildman–Crippen MR) is 308 cm³/mol. The second-order valence-electron chi connectivity index (χ2n) is 20.8. The second kappa shape index (κ2) is 20.5. The third-order valence-corrected chi connectivity index (χ3v) is 15.4. The van der Waals surface area contributed by atoms with E-state index in [-0.39, 0.29) is 26.4 Å². The first kappa shape index (κ1) is 48.3. The summed E-state index contributed by atoms with van der Waals surface area (Å²) in [6.45, 7) is 9.53. The van der Waals surface area contributed by atoms with Crippen LogP contribution in [0.3, 0.4) is 0 Å². The van der Waals surface area contributed by atoms with Crippen LogP contribution in [0.5, 0.6) is 11.5 Å². The molecular formula is C70H62O4. The fourth-order valence-corrected chi connectivity index (χ4v) is 11.1. The Morgan fingerprint density at radius 3 is 1.14 bits per heavy atom. The van der Waals surface area contributed by atoms with Crippen LogP contribution in [-0.2, 0) is 23.7 Å². The lowest BCUT2D eigenvalue weighted by atomic mass is 9.72. The number of rotatable bonds is 16. The van der Waals surface area contributed by atoms with Crippen molar-refractivity contribution in [2.24, 2.45) is 0 Å². The van der Waals surface area contributed by atoms with E-state index in [1.807, 2.05) is 0 Å². The average Bonchev–Trinajstić information content (AvgIpc) is 3.44. The molecule has 0 heterocycles. The van der Waals surface area contributed by atoms with Crippen molar-refractivity contribution in [1.29, 1.82) is 0 Å².